The number of hydrogen-bond acceptors (Lipinski definition) is 6. The number of rotatable bonds is 5. The first kappa shape index (κ1) is 17.8. The summed E-state index contributed by atoms with van der Waals surface area (Å²) in [5.74, 6) is 1.31. The number of fused-ring (bicyclic) bond motifs is 1. The number of thiophene rings is 1. The Hall–Kier alpha value is -2.64. The van der Waals surface area contributed by atoms with Gasteiger partial charge in [-0.1, -0.05) is 18.2 Å². The van der Waals surface area contributed by atoms with Crippen LogP contribution in [0.15, 0.2) is 40.5 Å². The molecule has 3 aromatic rings. The Morgan fingerprint density at radius 3 is 3.00 bits per heavy atom. The Kier molecular flexibility index (Phi) is 4.96. The second kappa shape index (κ2) is 7.54. The summed E-state index contributed by atoms with van der Waals surface area (Å²) in [5, 5.41) is 12.4. The van der Waals surface area contributed by atoms with Gasteiger partial charge in [-0.2, -0.15) is 0 Å². The van der Waals surface area contributed by atoms with E-state index in [9.17, 15) is 9.90 Å². The van der Waals surface area contributed by atoms with E-state index in [1.54, 1.807) is 17.4 Å². The zero-order valence-electron chi connectivity index (χ0n) is 15.1. The molecule has 0 saturated carbocycles. The van der Waals surface area contributed by atoms with E-state index >= 15 is 0 Å². The molecule has 0 spiro atoms. The van der Waals surface area contributed by atoms with E-state index in [-0.39, 0.29) is 11.3 Å². The normalized spacial score (nSPS) is 14.1. The number of phenolic OH excluding ortho intramolecular Hbond substituents is 1. The molecule has 0 fully saturated rings. The summed E-state index contributed by atoms with van der Waals surface area (Å²) in [5.41, 5.74) is 2.34. The number of phenols is 1. The molecule has 140 valence electrons. The Labute approximate surface area is 161 Å². The van der Waals surface area contributed by atoms with Crippen molar-refractivity contribution >= 4 is 11.3 Å². The van der Waals surface area contributed by atoms with E-state index in [2.05, 4.69) is 9.88 Å². The third-order valence-electron chi connectivity index (χ3n) is 4.68. The van der Waals surface area contributed by atoms with Crippen molar-refractivity contribution in [1.29, 1.82) is 0 Å². The van der Waals surface area contributed by atoms with Crippen LogP contribution in [0.5, 0.6) is 11.5 Å². The molecule has 0 saturated heterocycles. The predicted octanol–water partition coefficient (Wildman–Crippen LogP) is 3.16. The smallest absolute Gasteiger partial charge is 0.254 e. The highest BCUT2D eigenvalue weighted by Crippen LogP contribution is 2.31. The van der Waals surface area contributed by atoms with Crippen LogP contribution in [-0.4, -0.2) is 33.1 Å². The number of hydrogen-bond donors (Lipinski definition) is 2. The van der Waals surface area contributed by atoms with E-state index in [0.717, 1.165) is 28.2 Å². The molecule has 4 rings (SSSR count). The summed E-state index contributed by atoms with van der Waals surface area (Å²) in [6.45, 7) is 4.30. The standard InChI is InChI=1S/C20H21N3O3S/c1-2-26-16-6-3-5-13(18(16)24)11-23-9-8-14-15(12-23)21-19(22-20(14)25)17-7-4-10-27-17/h3-7,10,24H,2,8-9,11-12H2,1H3,(H,21,22,25). The molecule has 0 unspecified atom stereocenters. The molecule has 6 nitrogen and oxygen atoms in total. The van der Waals surface area contributed by atoms with Crippen LogP contribution in [0.3, 0.4) is 0 Å². The van der Waals surface area contributed by atoms with Gasteiger partial charge in [0.25, 0.3) is 5.56 Å². The van der Waals surface area contributed by atoms with Crippen molar-refractivity contribution in [2.45, 2.75) is 26.4 Å². The van der Waals surface area contributed by atoms with Crippen molar-refractivity contribution in [3.8, 4) is 22.2 Å². The van der Waals surface area contributed by atoms with E-state index in [1.807, 2.05) is 36.6 Å². The average molecular weight is 383 g/mol. The lowest BCUT2D eigenvalue weighted by Gasteiger charge is -2.28. The van der Waals surface area contributed by atoms with Gasteiger partial charge in [0.1, 0.15) is 0 Å². The largest absolute Gasteiger partial charge is 0.504 e. The van der Waals surface area contributed by atoms with Gasteiger partial charge in [-0.3, -0.25) is 9.69 Å². The Morgan fingerprint density at radius 2 is 2.22 bits per heavy atom. The van der Waals surface area contributed by atoms with Gasteiger partial charge in [-0.15, -0.1) is 11.3 Å². The number of aromatic amines is 1. The van der Waals surface area contributed by atoms with Crippen LogP contribution in [0.25, 0.3) is 10.7 Å². The molecule has 7 heteroatoms. The Bertz CT molecular complexity index is 998. The first-order chi connectivity index (χ1) is 13.2. The van der Waals surface area contributed by atoms with Crippen LogP contribution in [-0.2, 0) is 19.5 Å². The summed E-state index contributed by atoms with van der Waals surface area (Å²) in [4.78, 5) is 23.2. The van der Waals surface area contributed by atoms with Gasteiger partial charge in [0.05, 0.1) is 17.2 Å². The van der Waals surface area contributed by atoms with Crippen molar-refractivity contribution < 1.29 is 9.84 Å². The van der Waals surface area contributed by atoms with Gasteiger partial charge >= 0.3 is 0 Å². The SMILES string of the molecule is CCOc1cccc(CN2CCc3c(nc(-c4cccs4)[nH]c3=O)C2)c1O. The fourth-order valence-corrected chi connectivity index (χ4v) is 4.04. The predicted molar refractivity (Wildman–Crippen MR) is 105 cm³/mol. The molecular weight excluding hydrogens is 362 g/mol. The van der Waals surface area contributed by atoms with Gasteiger partial charge in [0.15, 0.2) is 17.3 Å². The van der Waals surface area contributed by atoms with E-state index in [4.69, 9.17) is 9.72 Å². The second-order valence-corrected chi connectivity index (χ2v) is 7.42. The summed E-state index contributed by atoms with van der Waals surface area (Å²) in [6, 6.07) is 9.45. The lowest BCUT2D eigenvalue weighted by molar-refractivity contribution is 0.235. The molecule has 0 radical (unpaired) electrons. The number of nitrogens with zero attached hydrogens (tertiary/aromatic N) is 2. The van der Waals surface area contributed by atoms with Gasteiger partial charge in [-0.25, -0.2) is 4.98 Å². The van der Waals surface area contributed by atoms with Crippen LogP contribution >= 0.6 is 11.3 Å². The quantitative estimate of drug-likeness (QED) is 0.708. The van der Waals surface area contributed by atoms with E-state index in [0.29, 0.717) is 37.7 Å². The average Bonchev–Trinajstić information content (AvgIpc) is 3.20. The molecule has 0 aliphatic carbocycles. The molecule has 1 aliphatic rings. The van der Waals surface area contributed by atoms with Gasteiger partial charge < -0.3 is 14.8 Å². The van der Waals surface area contributed by atoms with E-state index < -0.39 is 0 Å². The van der Waals surface area contributed by atoms with Crippen molar-refractivity contribution in [3.05, 3.63) is 62.9 Å². The molecule has 1 aliphatic heterocycles. The lowest BCUT2D eigenvalue weighted by atomic mass is 10.0. The first-order valence-corrected chi connectivity index (χ1v) is 9.85. The number of benzene rings is 1. The Balaban J connectivity index is 1.58. The topological polar surface area (TPSA) is 78.5 Å². The van der Waals surface area contributed by atoms with Crippen LogP contribution in [0.1, 0.15) is 23.7 Å². The zero-order chi connectivity index (χ0) is 18.8. The number of nitrogens with one attached hydrogen (secondary N) is 1. The fraction of sp³-hybridized carbons (Fsp3) is 0.300. The first-order valence-electron chi connectivity index (χ1n) is 8.97. The molecule has 0 atom stereocenters. The molecule has 2 aromatic heterocycles. The number of aromatic nitrogens is 2. The highest BCUT2D eigenvalue weighted by Gasteiger charge is 2.22. The highest BCUT2D eigenvalue weighted by molar-refractivity contribution is 7.13. The summed E-state index contributed by atoms with van der Waals surface area (Å²) in [7, 11) is 0. The minimum absolute atomic E-state index is 0.0516. The number of aromatic hydroxyl groups is 1. The third kappa shape index (κ3) is 3.61. The molecule has 2 N–H and O–H groups in total. The fourth-order valence-electron chi connectivity index (χ4n) is 3.37. The molecular formula is C20H21N3O3S. The highest BCUT2D eigenvalue weighted by atomic mass is 32.1. The summed E-state index contributed by atoms with van der Waals surface area (Å²) >= 11 is 1.55. The van der Waals surface area contributed by atoms with Crippen molar-refractivity contribution in [2.24, 2.45) is 0 Å². The molecule has 3 heterocycles. The molecule has 27 heavy (non-hydrogen) atoms. The minimum Gasteiger partial charge on any atom is -0.504 e. The Morgan fingerprint density at radius 1 is 1.33 bits per heavy atom. The third-order valence-corrected chi connectivity index (χ3v) is 5.56. The lowest BCUT2D eigenvalue weighted by Crippen LogP contribution is -2.35. The number of ether oxygens (including phenoxy) is 1. The second-order valence-electron chi connectivity index (χ2n) is 6.47. The van der Waals surface area contributed by atoms with Crippen LogP contribution in [0, 0.1) is 0 Å². The van der Waals surface area contributed by atoms with Crippen LogP contribution in [0.2, 0.25) is 0 Å². The molecule has 0 amide bonds. The van der Waals surface area contributed by atoms with E-state index in [1.165, 1.54) is 0 Å². The van der Waals surface area contributed by atoms with Crippen molar-refractivity contribution in [1.82, 2.24) is 14.9 Å². The van der Waals surface area contributed by atoms with Gasteiger partial charge in [0.2, 0.25) is 0 Å². The molecule has 1 aromatic carbocycles. The maximum atomic E-state index is 12.4. The van der Waals surface area contributed by atoms with Crippen molar-refractivity contribution in [2.75, 3.05) is 13.2 Å². The number of para-hydroxylation sites is 1. The summed E-state index contributed by atoms with van der Waals surface area (Å²) < 4.78 is 5.47. The maximum Gasteiger partial charge on any atom is 0.254 e. The van der Waals surface area contributed by atoms with Crippen LogP contribution < -0.4 is 10.3 Å². The monoisotopic (exact) mass is 383 g/mol. The van der Waals surface area contributed by atoms with Gasteiger partial charge in [-0.05, 0) is 30.9 Å². The molecule has 0 bridgehead atoms. The number of H-pyrrole nitrogens is 1. The van der Waals surface area contributed by atoms with Gasteiger partial charge in [0, 0.05) is 30.8 Å². The van der Waals surface area contributed by atoms with Crippen molar-refractivity contribution in [3.63, 3.8) is 0 Å². The minimum atomic E-state index is -0.0516. The summed E-state index contributed by atoms with van der Waals surface area (Å²) in [6.07, 6.45) is 0.647. The maximum absolute atomic E-state index is 12.4. The van der Waals surface area contributed by atoms with Crippen LogP contribution in [0.4, 0.5) is 0 Å². The zero-order valence-corrected chi connectivity index (χ0v) is 15.9.